The molecular weight excluding hydrogens is 263 g/mol. The van der Waals surface area contributed by atoms with Gasteiger partial charge in [-0.2, -0.15) is 13.2 Å². The predicted octanol–water partition coefficient (Wildman–Crippen LogP) is 4.20. The van der Waals surface area contributed by atoms with Gasteiger partial charge < -0.3 is 4.90 Å². The molecule has 1 unspecified atom stereocenters. The average molecular weight is 278 g/mol. The molecule has 0 saturated carbocycles. The molecule has 1 fully saturated rings. The van der Waals surface area contributed by atoms with Crippen molar-refractivity contribution in [2.75, 3.05) is 18.0 Å². The van der Waals surface area contributed by atoms with Gasteiger partial charge in [0, 0.05) is 24.7 Å². The summed E-state index contributed by atoms with van der Waals surface area (Å²) in [5.74, 6) is -0.787. The third kappa shape index (κ3) is 3.10. The number of hydrogen-bond donors (Lipinski definition) is 0. The number of anilines is 1. The molecule has 1 aromatic rings. The van der Waals surface area contributed by atoms with Gasteiger partial charge in [0.2, 0.25) is 0 Å². The largest absolute Gasteiger partial charge is 0.393 e. The van der Waals surface area contributed by atoms with E-state index in [9.17, 15) is 13.2 Å². The summed E-state index contributed by atoms with van der Waals surface area (Å²) in [5, 5.41) is 0. The Morgan fingerprint density at radius 1 is 1.22 bits per heavy atom. The zero-order valence-electron chi connectivity index (χ0n) is 9.88. The van der Waals surface area contributed by atoms with Crippen molar-refractivity contribution >= 4 is 17.3 Å². The average Bonchev–Trinajstić information content (AvgIpc) is 2.38. The lowest BCUT2D eigenvalue weighted by molar-refractivity contribution is -0.175. The van der Waals surface area contributed by atoms with Crippen molar-refractivity contribution in [1.29, 1.82) is 0 Å². The first kappa shape index (κ1) is 13.5. The van der Waals surface area contributed by atoms with E-state index in [0.29, 0.717) is 18.8 Å². The van der Waals surface area contributed by atoms with Crippen LogP contribution in [0.3, 0.4) is 0 Å². The fraction of sp³-hybridized carbons (Fsp3) is 0.538. The van der Waals surface area contributed by atoms with E-state index in [1.807, 2.05) is 24.3 Å². The van der Waals surface area contributed by atoms with Crippen LogP contribution in [0.15, 0.2) is 24.3 Å². The minimum Gasteiger partial charge on any atom is -0.371 e. The van der Waals surface area contributed by atoms with Gasteiger partial charge in [0.05, 0.1) is 5.92 Å². The lowest BCUT2D eigenvalue weighted by Crippen LogP contribution is -2.41. The van der Waals surface area contributed by atoms with E-state index in [1.165, 1.54) is 0 Å². The second-order valence-electron chi connectivity index (χ2n) is 4.63. The summed E-state index contributed by atoms with van der Waals surface area (Å²) in [7, 11) is 0. The first-order chi connectivity index (χ1) is 8.50. The summed E-state index contributed by atoms with van der Waals surface area (Å²) >= 11 is 5.69. The second-order valence-corrected chi connectivity index (χ2v) is 4.89. The molecule has 0 bridgehead atoms. The van der Waals surface area contributed by atoms with Gasteiger partial charge in [0.15, 0.2) is 0 Å². The Balaban J connectivity index is 2.08. The molecular formula is C13H15ClF3N. The quantitative estimate of drug-likeness (QED) is 0.732. The molecule has 1 aliphatic heterocycles. The molecule has 0 N–H and O–H groups in total. The molecule has 0 spiro atoms. The molecule has 1 saturated heterocycles. The third-order valence-electron chi connectivity index (χ3n) is 3.34. The van der Waals surface area contributed by atoms with E-state index in [2.05, 4.69) is 0 Å². The van der Waals surface area contributed by atoms with Crippen LogP contribution < -0.4 is 4.90 Å². The number of halogens is 4. The summed E-state index contributed by atoms with van der Waals surface area (Å²) in [4.78, 5) is 1.81. The molecule has 0 radical (unpaired) electrons. The molecule has 0 aliphatic carbocycles. The smallest absolute Gasteiger partial charge is 0.371 e. The minimum atomic E-state index is -4.09. The highest BCUT2D eigenvalue weighted by molar-refractivity contribution is 6.17. The Labute approximate surface area is 110 Å². The van der Waals surface area contributed by atoms with Gasteiger partial charge in [-0.05, 0) is 30.5 Å². The van der Waals surface area contributed by atoms with Crippen molar-refractivity contribution in [1.82, 2.24) is 0 Å². The van der Waals surface area contributed by atoms with Crippen molar-refractivity contribution < 1.29 is 13.2 Å². The molecule has 1 aromatic carbocycles. The molecule has 1 atom stereocenters. The van der Waals surface area contributed by atoms with Crippen LogP contribution in [-0.4, -0.2) is 19.3 Å². The number of hydrogen-bond acceptors (Lipinski definition) is 1. The van der Waals surface area contributed by atoms with E-state index >= 15 is 0 Å². The normalized spacial score (nSPS) is 21.1. The first-order valence-corrected chi connectivity index (χ1v) is 6.50. The van der Waals surface area contributed by atoms with Crippen LogP contribution >= 0.6 is 11.6 Å². The monoisotopic (exact) mass is 277 g/mol. The van der Waals surface area contributed by atoms with Gasteiger partial charge in [-0.1, -0.05) is 12.1 Å². The zero-order valence-corrected chi connectivity index (χ0v) is 10.6. The van der Waals surface area contributed by atoms with Crippen molar-refractivity contribution in [3.63, 3.8) is 0 Å². The van der Waals surface area contributed by atoms with Crippen molar-refractivity contribution in [3.05, 3.63) is 29.8 Å². The van der Waals surface area contributed by atoms with Crippen LogP contribution in [0.1, 0.15) is 18.4 Å². The fourth-order valence-corrected chi connectivity index (χ4v) is 2.45. The number of alkyl halides is 4. The fourth-order valence-electron chi connectivity index (χ4n) is 2.27. The Morgan fingerprint density at radius 3 is 2.44 bits per heavy atom. The molecule has 5 heteroatoms. The Morgan fingerprint density at radius 2 is 1.89 bits per heavy atom. The highest BCUT2D eigenvalue weighted by Gasteiger charge is 2.41. The standard InChI is InChI=1S/C13H15ClF3N/c14-8-10-3-5-12(6-4-10)18-7-1-2-11(9-18)13(15,16)17/h3-6,11H,1-2,7-9H2. The number of benzene rings is 1. The van der Waals surface area contributed by atoms with E-state index < -0.39 is 12.1 Å². The summed E-state index contributed by atoms with van der Waals surface area (Å²) in [6.07, 6.45) is -3.27. The predicted molar refractivity (Wildman–Crippen MR) is 67.0 cm³/mol. The maximum atomic E-state index is 12.7. The van der Waals surface area contributed by atoms with E-state index in [4.69, 9.17) is 11.6 Å². The summed E-state index contributed by atoms with van der Waals surface area (Å²) in [5.41, 5.74) is 1.82. The van der Waals surface area contributed by atoms with Gasteiger partial charge in [0.25, 0.3) is 0 Å². The molecule has 1 heterocycles. The van der Waals surface area contributed by atoms with Gasteiger partial charge in [-0.3, -0.25) is 0 Å². The highest BCUT2D eigenvalue weighted by Crippen LogP contribution is 2.34. The Bertz CT molecular complexity index is 388. The van der Waals surface area contributed by atoms with E-state index in [0.717, 1.165) is 11.3 Å². The van der Waals surface area contributed by atoms with Crippen LogP contribution in [0.4, 0.5) is 18.9 Å². The van der Waals surface area contributed by atoms with E-state index in [-0.39, 0.29) is 13.0 Å². The Hall–Kier alpha value is -0.900. The zero-order chi connectivity index (χ0) is 13.2. The van der Waals surface area contributed by atoms with E-state index in [1.54, 1.807) is 4.90 Å². The van der Waals surface area contributed by atoms with Gasteiger partial charge in [0.1, 0.15) is 0 Å². The summed E-state index contributed by atoms with van der Waals surface area (Å²) in [6, 6.07) is 7.41. The topological polar surface area (TPSA) is 3.24 Å². The molecule has 1 nitrogen and oxygen atoms in total. The molecule has 0 amide bonds. The van der Waals surface area contributed by atoms with Gasteiger partial charge in [-0.25, -0.2) is 0 Å². The summed E-state index contributed by atoms with van der Waals surface area (Å²) < 4.78 is 38.1. The lowest BCUT2D eigenvalue weighted by atomic mass is 9.97. The molecule has 0 aromatic heterocycles. The van der Waals surface area contributed by atoms with Crippen LogP contribution in [0.5, 0.6) is 0 Å². The minimum absolute atomic E-state index is 0.0592. The number of nitrogens with zero attached hydrogens (tertiary/aromatic N) is 1. The SMILES string of the molecule is FC(F)(F)C1CCCN(c2ccc(CCl)cc2)C1. The number of piperidine rings is 1. The van der Waals surface area contributed by atoms with Gasteiger partial charge >= 0.3 is 6.18 Å². The molecule has 2 rings (SSSR count). The first-order valence-electron chi connectivity index (χ1n) is 5.97. The van der Waals surface area contributed by atoms with Crippen molar-refractivity contribution in [2.24, 2.45) is 5.92 Å². The molecule has 100 valence electrons. The lowest BCUT2D eigenvalue weighted by Gasteiger charge is -2.35. The van der Waals surface area contributed by atoms with Crippen LogP contribution in [0.25, 0.3) is 0 Å². The molecule has 1 aliphatic rings. The molecule has 18 heavy (non-hydrogen) atoms. The maximum Gasteiger partial charge on any atom is 0.393 e. The third-order valence-corrected chi connectivity index (χ3v) is 3.65. The van der Waals surface area contributed by atoms with Crippen molar-refractivity contribution in [3.8, 4) is 0 Å². The maximum absolute atomic E-state index is 12.7. The van der Waals surface area contributed by atoms with Crippen molar-refractivity contribution in [2.45, 2.75) is 24.9 Å². The van der Waals surface area contributed by atoms with Crippen LogP contribution in [0.2, 0.25) is 0 Å². The van der Waals surface area contributed by atoms with Crippen LogP contribution in [0, 0.1) is 5.92 Å². The van der Waals surface area contributed by atoms with Gasteiger partial charge in [-0.15, -0.1) is 11.6 Å². The summed E-state index contributed by atoms with van der Waals surface area (Å²) in [6.45, 7) is 0.747. The Kier molecular flexibility index (Phi) is 4.05. The number of rotatable bonds is 2. The highest BCUT2D eigenvalue weighted by atomic mass is 35.5. The second kappa shape index (κ2) is 5.39. The van der Waals surface area contributed by atoms with Crippen LogP contribution in [-0.2, 0) is 5.88 Å².